The number of amides is 2. The number of hydrogen-bond acceptors (Lipinski definition) is 8. The van der Waals surface area contributed by atoms with Gasteiger partial charge in [-0.1, -0.05) is 13.8 Å². The zero-order valence-corrected chi connectivity index (χ0v) is 18.9. The van der Waals surface area contributed by atoms with Crippen molar-refractivity contribution in [3.63, 3.8) is 0 Å². The van der Waals surface area contributed by atoms with Gasteiger partial charge in [0.05, 0.1) is 55.6 Å². The van der Waals surface area contributed by atoms with Crippen LogP contribution in [0.25, 0.3) is 0 Å². The smallest absolute Gasteiger partial charge is 0.274 e. The molecule has 11 heteroatoms. The summed E-state index contributed by atoms with van der Waals surface area (Å²) in [6.07, 6.45) is 4.56. The Kier molecular flexibility index (Phi) is 6.01. The molecule has 3 atom stereocenters. The molecule has 0 bridgehead atoms. The number of carbonyl (C=O) groups excluding carboxylic acids is 2. The number of rotatable bonds is 5. The van der Waals surface area contributed by atoms with E-state index < -0.39 is 33.9 Å². The topological polar surface area (TPSA) is 113 Å². The standard InChI is InChI=1S/C20H29N5O5S/c1-13(2)17-18-16(25(20(17)27)31(3,28)29)4-5-24(18)19(26)15-11-21-14(10-22-15)12-23-6-8-30-9-7-23/h10-11,13,16-18H,4-9,12H2,1-3H3/t16-,17+,18-/m0/s1. The number of fused-ring (bicyclic) bond motifs is 1. The Morgan fingerprint density at radius 1 is 1.19 bits per heavy atom. The highest BCUT2D eigenvalue weighted by atomic mass is 32.2. The second kappa shape index (κ2) is 8.44. The second-order valence-corrected chi connectivity index (χ2v) is 10.7. The maximum absolute atomic E-state index is 13.2. The van der Waals surface area contributed by atoms with Gasteiger partial charge in [-0.05, 0) is 12.3 Å². The molecule has 0 aliphatic carbocycles. The molecule has 0 N–H and O–H groups in total. The SMILES string of the molecule is CC(C)[C@H]1C(=O)N(S(C)(=O)=O)[C@H]2CCN(C(=O)c3cnc(CN4CCOCC4)cn3)[C@H]12. The first-order valence-electron chi connectivity index (χ1n) is 10.6. The zero-order valence-electron chi connectivity index (χ0n) is 18.1. The minimum Gasteiger partial charge on any atom is -0.379 e. The van der Waals surface area contributed by atoms with E-state index in [-0.39, 0.29) is 17.5 Å². The Hall–Kier alpha value is -2.11. The molecular weight excluding hydrogens is 422 g/mol. The van der Waals surface area contributed by atoms with Crippen LogP contribution >= 0.6 is 0 Å². The monoisotopic (exact) mass is 451 g/mol. The third kappa shape index (κ3) is 4.18. The van der Waals surface area contributed by atoms with Crippen LogP contribution in [0.5, 0.6) is 0 Å². The first kappa shape index (κ1) is 22.1. The lowest BCUT2D eigenvalue weighted by molar-refractivity contribution is -0.129. The van der Waals surface area contributed by atoms with E-state index in [0.29, 0.717) is 32.7 Å². The van der Waals surface area contributed by atoms with Gasteiger partial charge in [-0.15, -0.1) is 0 Å². The molecule has 3 saturated heterocycles. The Morgan fingerprint density at radius 2 is 1.90 bits per heavy atom. The molecule has 4 heterocycles. The maximum Gasteiger partial charge on any atom is 0.274 e. The third-order valence-electron chi connectivity index (χ3n) is 6.34. The summed E-state index contributed by atoms with van der Waals surface area (Å²) >= 11 is 0. The van der Waals surface area contributed by atoms with Gasteiger partial charge < -0.3 is 9.64 Å². The summed E-state index contributed by atoms with van der Waals surface area (Å²) in [4.78, 5) is 38.7. The molecule has 0 radical (unpaired) electrons. The molecule has 31 heavy (non-hydrogen) atoms. The van der Waals surface area contributed by atoms with E-state index in [1.807, 2.05) is 13.8 Å². The molecule has 4 rings (SSSR count). The summed E-state index contributed by atoms with van der Waals surface area (Å²) in [5.41, 5.74) is 0.983. The lowest BCUT2D eigenvalue weighted by Crippen LogP contribution is -2.44. The van der Waals surface area contributed by atoms with E-state index in [2.05, 4.69) is 14.9 Å². The lowest BCUT2D eigenvalue weighted by atomic mass is 9.88. The summed E-state index contributed by atoms with van der Waals surface area (Å²) in [6.45, 7) is 7.85. The van der Waals surface area contributed by atoms with Crippen LogP contribution in [-0.2, 0) is 26.1 Å². The quantitative estimate of drug-likeness (QED) is 0.613. The molecule has 0 saturated carbocycles. The normalized spacial score (nSPS) is 27.2. The highest BCUT2D eigenvalue weighted by Gasteiger charge is 2.58. The second-order valence-electron chi connectivity index (χ2n) is 8.79. The minimum absolute atomic E-state index is 0.0952. The summed E-state index contributed by atoms with van der Waals surface area (Å²) in [5, 5.41) is 0. The molecule has 2 amide bonds. The molecule has 0 aromatic carbocycles. The summed E-state index contributed by atoms with van der Waals surface area (Å²) in [6, 6.07) is -1.00. The van der Waals surface area contributed by atoms with Gasteiger partial charge in [0.15, 0.2) is 0 Å². The van der Waals surface area contributed by atoms with E-state index >= 15 is 0 Å². The zero-order chi connectivity index (χ0) is 22.3. The van der Waals surface area contributed by atoms with Crippen LogP contribution in [0.4, 0.5) is 0 Å². The van der Waals surface area contributed by atoms with Crippen molar-refractivity contribution >= 4 is 21.8 Å². The van der Waals surface area contributed by atoms with Gasteiger partial charge >= 0.3 is 0 Å². The van der Waals surface area contributed by atoms with Gasteiger partial charge in [-0.2, -0.15) is 0 Å². The van der Waals surface area contributed by atoms with Crippen molar-refractivity contribution in [3.8, 4) is 0 Å². The molecule has 10 nitrogen and oxygen atoms in total. The Balaban J connectivity index is 1.53. The number of carbonyl (C=O) groups is 2. The van der Waals surface area contributed by atoms with Gasteiger partial charge in [0.2, 0.25) is 15.9 Å². The number of likely N-dealkylation sites (tertiary alicyclic amines) is 1. The molecule has 170 valence electrons. The Morgan fingerprint density at radius 3 is 2.48 bits per heavy atom. The Labute approximate surface area is 182 Å². The van der Waals surface area contributed by atoms with Crippen LogP contribution in [0.1, 0.15) is 36.5 Å². The first-order valence-corrected chi connectivity index (χ1v) is 12.5. The van der Waals surface area contributed by atoms with E-state index in [0.717, 1.165) is 29.3 Å². The minimum atomic E-state index is -3.70. The lowest BCUT2D eigenvalue weighted by Gasteiger charge is -2.29. The largest absolute Gasteiger partial charge is 0.379 e. The van der Waals surface area contributed by atoms with Crippen molar-refractivity contribution in [2.45, 2.75) is 38.9 Å². The molecular formula is C20H29N5O5S. The summed E-state index contributed by atoms with van der Waals surface area (Å²) < 4.78 is 30.9. The van der Waals surface area contributed by atoms with Crippen molar-refractivity contribution in [1.29, 1.82) is 0 Å². The van der Waals surface area contributed by atoms with Crippen molar-refractivity contribution in [2.24, 2.45) is 11.8 Å². The fraction of sp³-hybridized carbons (Fsp3) is 0.700. The highest BCUT2D eigenvalue weighted by molar-refractivity contribution is 7.88. The van der Waals surface area contributed by atoms with Gasteiger partial charge in [-0.25, -0.2) is 17.7 Å². The van der Waals surface area contributed by atoms with Crippen LogP contribution in [0.2, 0.25) is 0 Å². The predicted molar refractivity (Wildman–Crippen MR) is 111 cm³/mol. The molecule has 0 spiro atoms. The van der Waals surface area contributed by atoms with Crippen LogP contribution < -0.4 is 0 Å². The van der Waals surface area contributed by atoms with Crippen molar-refractivity contribution in [2.75, 3.05) is 39.1 Å². The summed E-state index contributed by atoms with van der Waals surface area (Å²) in [5.74, 6) is -1.38. The number of sulfonamides is 1. The number of nitrogens with zero attached hydrogens (tertiary/aromatic N) is 5. The van der Waals surface area contributed by atoms with Crippen molar-refractivity contribution in [3.05, 3.63) is 23.8 Å². The summed E-state index contributed by atoms with van der Waals surface area (Å²) in [7, 11) is -3.70. The fourth-order valence-electron chi connectivity index (χ4n) is 4.95. The number of aromatic nitrogens is 2. The maximum atomic E-state index is 13.2. The number of morpholine rings is 1. The predicted octanol–water partition coefficient (Wildman–Crippen LogP) is -0.0341. The van der Waals surface area contributed by atoms with Crippen molar-refractivity contribution < 1.29 is 22.7 Å². The van der Waals surface area contributed by atoms with Crippen LogP contribution in [0, 0.1) is 11.8 Å². The van der Waals surface area contributed by atoms with Gasteiger partial charge in [-0.3, -0.25) is 19.5 Å². The highest BCUT2D eigenvalue weighted by Crippen LogP contribution is 2.41. The van der Waals surface area contributed by atoms with Gasteiger partial charge in [0.1, 0.15) is 5.69 Å². The van der Waals surface area contributed by atoms with Gasteiger partial charge in [0, 0.05) is 26.2 Å². The van der Waals surface area contributed by atoms with E-state index in [4.69, 9.17) is 4.74 Å². The van der Waals surface area contributed by atoms with Crippen LogP contribution in [0.3, 0.4) is 0 Å². The van der Waals surface area contributed by atoms with Crippen LogP contribution in [-0.4, -0.2) is 95.5 Å². The number of ether oxygens (including phenoxy) is 1. The molecule has 3 aliphatic rings. The van der Waals surface area contributed by atoms with Crippen molar-refractivity contribution in [1.82, 2.24) is 24.1 Å². The van der Waals surface area contributed by atoms with E-state index in [1.54, 1.807) is 11.1 Å². The van der Waals surface area contributed by atoms with Gasteiger partial charge in [0.25, 0.3) is 5.91 Å². The molecule has 3 fully saturated rings. The first-order chi connectivity index (χ1) is 14.7. The van der Waals surface area contributed by atoms with Crippen LogP contribution in [0.15, 0.2) is 12.4 Å². The molecule has 1 aromatic rings. The average Bonchev–Trinajstić information content (AvgIpc) is 3.24. The Bertz CT molecular complexity index is 945. The number of hydrogen-bond donors (Lipinski definition) is 0. The van der Waals surface area contributed by atoms with E-state index in [1.165, 1.54) is 6.20 Å². The average molecular weight is 452 g/mol. The molecule has 0 unspecified atom stereocenters. The third-order valence-corrected chi connectivity index (χ3v) is 7.51. The van der Waals surface area contributed by atoms with E-state index in [9.17, 15) is 18.0 Å². The fourth-order valence-corrected chi connectivity index (χ4v) is 6.12. The molecule has 1 aromatic heterocycles. The molecule has 3 aliphatic heterocycles.